The van der Waals surface area contributed by atoms with E-state index in [1.807, 2.05) is 0 Å². The molecule has 0 aliphatic heterocycles. The number of aliphatic hydroxyl groups is 1. The topological polar surface area (TPSA) is 61.4 Å². The van der Waals surface area contributed by atoms with Gasteiger partial charge in [0.25, 0.3) is 0 Å². The Balaban J connectivity index is 3.15. The highest BCUT2D eigenvalue weighted by molar-refractivity contribution is 5.75. The summed E-state index contributed by atoms with van der Waals surface area (Å²) in [6.07, 6.45) is 11.6. The predicted molar refractivity (Wildman–Crippen MR) is 84.5 cm³/mol. The lowest BCUT2D eigenvalue weighted by Crippen LogP contribution is -2.35. The highest BCUT2D eigenvalue weighted by atomic mass is 16.3. The highest BCUT2D eigenvalue weighted by Gasteiger charge is 2.00. The highest BCUT2D eigenvalue weighted by Crippen LogP contribution is 2.10. The van der Waals surface area contributed by atoms with Crippen LogP contribution in [0, 0.1) is 0 Å². The maximum Gasteiger partial charge on any atom is 0.220 e. The summed E-state index contributed by atoms with van der Waals surface area (Å²) in [6.45, 7) is 5.11. The molecule has 120 valence electrons. The van der Waals surface area contributed by atoms with Gasteiger partial charge in [0.15, 0.2) is 0 Å². The fraction of sp³-hybridized carbons (Fsp3) is 0.938. The van der Waals surface area contributed by atoms with E-state index in [2.05, 4.69) is 17.6 Å². The summed E-state index contributed by atoms with van der Waals surface area (Å²) >= 11 is 0. The lowest BCUT2D eigenvalue weighted by atomic mass is 10.1. The standard InChI is InChI=1S/C16H34N2O2/c1-3-4-5-6-7-8-9-10-11-12-16(20)18-14-13-17-15(2)19/h15,17,19H,3-14H2,1-2H3,(H,18,20). The Kier molecular flexibility index (Phi) is 14.3. The third-order valence-corrected chi connectivity index (χ3v) is 3.39. The van der Waals surface area contributed by atoms with Crippen LogP contribution in [0.25, 0.3) is 0 Å². The third-order valence-electron chi connectivity index (χ3n) is 3.39. The molecule has 0 aromatic rings. The predicted octanol–water partition coefficient (Wildman–Crippen LogP) is 2.95. The molecular weight excluding hydrogens is 252 g/mol. The van der Waals surface area contributed by atoms with Gasteiger partial charge in [-0.1, -0.05) is 58.3 Å². The molecule has 1 unspecified atom stereocenters. The van der Waals surface area contributed by atoms with Gasteiger partial charge in [-0.2, -0.15) is 0 Å². The van der Waals surface area contributed by atoms with Crippen LogP contribution in [-0.4, -0.2) is 30.3 Å². The molecule has 0 heterocycles. The number of unbranched alkanes of at least 4 members (excludes halogenated alkanes) is 8. The molecule has 0 aromatic carbocycles. The molecular formula is C16H34N2O2. The van der Waals surface area contributed by atoms with Crippen molar-refractivity contribution in [3.63, 3.8) is 0 Å². The average molecular weight is 286 g/mol. The molecule has 0 fully saturated rings. The van der Waals surface area contributed by atoms with Gasteiger partial charge in [-0.15, -0.1) is 0 Å². The van der Waals surface area contributed by atoms with E-state index < -0.39 is 6.23 Å². The van der Waals surface area contributed by atoms with Crippen LogP contribution in [0.15, 0.2) is 0 Å². The van der Waals surface area contributed by atoms with Gasteiger partial charge in [0.05, 0.1) is 0 Å². The molecule has 1 atom stereocenters. The van der Waals surface area contributed by atoms with Crippen molar-refractivity contribution in [2.24, 2.45) is 0 Å². The summed E-state index contributed by atoms with van der Waals surface area (Å²) in [5.41, 5.74) is 0. The van der Waals surface area contributed by atoms with Crippen molar-refractivity contribution in [3.05, 3.63) is 0 Å². The Bertz CT molecular complexity index is 221. The molecule has 0 saturated carbocycles. The molecule has 4 heteroatoms. The normalized spacial score (nSPS) is 12.3. The molecule has 1 amide bonds. The Morgan fingerprint density at radius 1 is 0.950 bits per heavy atom. The van der Waals surface area contributed by atoms with Gasteiger partial charge in [0.2, 0.25) is 5.91 Å². The van der Waals surface area contributed by atoms with Gasteiger partial charge < -0.3 is 10.4 Å². The zero-order valence-electron chi connectivity index (χ0n) is 13.4. The van der Waals surface area contributed by atoms with Gasteiger partial charge in [0.1, 0.15) is 6.23 Å². The second-order valence-corrected chi connectivity index (χ2v) is 5.56. The smallest absolute Gasteiger partial charge is 0.220 e. The van der Waals surface area contributed by atoms with Crippen molar-refractivity contribution in [2.75, 3.05) is 13.1 Å². The van der Waals surface area contributed by atoms with E-state index in [0.717, 1.165) is 12.8 Å². The second-order valence-electron chi connectivity index (χ2n) is 5.56. The average Bonchev–Trinajstić information content (AvgIpc) is 2.41. The SMILES string of the molecule is CCCCCCCCCCCC(=O)NCCNC(C)O. The molecule has 0 aromatic heterocycles. The largest absolute Gasteiger partial charge is 0.379 e. The minimum Gasteiger partial charge on any atom is -0.379 e. The van der Waals surface area contributed by atoms with Crippen LogP contribution in [0.4, 0.5) is 0 Å². The molecule has 0 aliphatic rings. The number of carbonyl (C=O) groups excluding carboxylic acids is 1. The van der Waals surface area contributed by atoms with Crippen molar-refractivity contribution >= 4 is 5.91 Å². The first-order valence-electron chi connectivity index (χ1n) is 8.35. The lowest BCUT2D eigenvalue weighted by molar-refractivity contribution is -0.121. The number of amides is 1. The molecule has 20 heavy (non-hydrogen) atoms. The molecule has 0 saturated heterocycles. The third kappa shape index (κ3) is 15.4. The van der Waals surface area contributed by atoms with Crippen LogP contribution >= 0.6 is 0 Å². The zero-order valence-corrected chi connectivity index (χ0v) is 13.4. The molecule has 3 N–H and O–H groups in total. The fourth-order valence-electron chi connectivity index (χ4n) is 2.17. The first-order chi connectivity index (χ1) is 9.66. The van der Waals surface area contributed by atoms with Gasteiger partial charge in [-0.25, -0.2) is 0 Å². The zero-order chi connectivity index (χ0) is 15.1. The Hall–Kier alpha value is -0.610. The lowest BCUT2D eigenvalue weighted by Gasteiger charge is -2.08. The van der Waals surface area contributed by atoms with E-state index in [4.69, 9.17) is 5.11 Å². The molecule has 0 spiro atoms. The van der Waals surface area contributed by atoms with E-state index in [1.54, 1.807) is 6.92 Å². The summed E-state index contributed by atoms with van der Waals surface area (Å²) < 4.78 is 0. The van der Waals surface area contributed by atoms with E-state index in [-0.39, 0.29) is 5.91 Å². The second kappa shape index (κ2) is 14.8. The van der Waals surface area contributed by atoms with Crippen LogP contribution in [0.1, 0.15) is 78.1 Å². The van der Waals surface area contributed by atoms with Crippen molar-refractivity contribution in [1.82, 2.24) is 10.6 Å². The summed E-state index contributed by atoms with van der Waals surface area (Å²) in [7, 11) is 0. The van der Waals surface area contributed by atoms with E-state index >= 15 is 0 Å². The quantitative estimate of drug-likeness (QED) is 0.340. The minimum absolute atomic E-state index is 0.125. The molecule has 4 nitrogen and oxygen atoms in total. The Morgan fingerprint density at radius 3 is 2.05 bits per heavy atom. The van der Waals surface area contributed by atoms with E-state index in [9.17, 15) is 4.79 Å². The van der Waals surface area contributed by atoms with Gasteiger partial charge >= 0.3 is 0 Å². The number of hydrogen-bond donors (Lipinski definition) is 3. The number of carbonyl (C=O) groups is 1. The molecule has 0 bridgehead atoms. The number of nitrogens with one attached hydrogen (secondary N) is 2. The number of aliphatic hydroxyl groups excluding tert-OH is 1. The van der Waals surface area contributed by atoms with Crippen LogP contribution in [0.3, 0.4) is 0 Å². The monoisotopic (exact) mass is 286 g/mol. The van der Waals surface area contributed by atoms with Crippen molar-refractivity contribution in [1.29, 1.82) is 0 Å². The first kappa shape index (κ1) is 19.4. The van der Waals surface area contributed by atoms with Gasteiger partial charge in [-0.3, -0.25) is 10.1 Å². The van der Waals surface area contributed by atoms with Crippen molar-refractivity contribution in [2.45, 2.75) is 84.3 Å². The van der Waals surface area contributed by atoms with Crippen LogP contribution in [0.5, 0.6) is 0 Å². The molecule has 0 aliphatic carbocycles. The summed E-state index contributed by atoms with van der Waals surface area (Å²) in [6, 6.07) is 0. The number of rotatable bonds is 14. The van der Waals surface area contributed by atoms with Gasteiger partial charge in [-0.05, 0) is 13.3 Å². The van der Waals surface area contributed by atoms with Crippen LogP contribution in [-0.2, 0) is 4.79 Å². The van der Waals surface area contributed by atoms with Crippen LogP contribution < -0.4 is 10.6 Å². The summed E-state index contributed by atoms with van der Waals surface area (Å²) in [5.74, 6) is 0.125. The van der Waals surface area contributed by atoms with Crippen molar-refractivity contribution < 1.29 is 9.90 Å². The fourth-order valence-corrected chi connectivity index (χ4v) is 2.17. The van der Waals surface area contributed by atoms with Gasteiger partial charge in [0, 0.05) is 19.5 Å². The summed E-state index contributed by atoms with van der Waals surface area (Å²) in [4.78, 5) is 11.5. The van der Waals surface area contributed by atoms with E-state index in [0.29, 0.717) is 19.5 Å². The Morgan fingerprint density at radius 2 is 1.50 bits per heavy atom. The van der Waals surface area contributed by atoms with Crippen molar-refractivity contribution in [3.8, 4) is 0 Å². The molecule has 0 rings (SSSR count). The van der Waals surface area contributed by atoms with Crippen LogP contribution in [0.2, 0.25) is 0 Å². The van der Waals surface area contributed by atoms with E-state index in [1.165, 1.54) is 44.9 Å². The maximum atomic E-state index is 11.5. The first-order valence-corrected chi connectivity index (χ1v) is 8.35. The number of hydrogen-bond acceptors (Lipinski definition) is 3. The summed E-state index contributed by atoms with van der Waals surface area (Å²) in [5, 5.41) is 14.7. The molecule has 0 radical (unpaired) electrons. The Labute approximate surface area is 124 Å². The minimum atomic E-state index is -0.510. The maximum absolute atomic E-state index is 11.5.